The van der Waals surface area contributed by atoms with Gasteiger partial charge in [0.15, 0.2) is 0 Å². The van der Waals surface area contributed by atoms with E-state index in [9.17, 15) is 0 Å². The Morgan fingerprint density at radius 3 is 3.05 bits per heavy atom. The molecule has 1 aliphatic heterocycles. The van der Waals surface area contributed by atoms with E-state index in [4.69, 9.17) is 4.74 Å². The third-order valence-electron chi connectivity index (χ3n) is 4.13. The van der Waals surface area contributed by atoms with E-state index in [-0.39, 0.29) is 6.04 Å². The van der Waals surface area contributed by atoms with Gasteiger partial charge in [-0.2, -0.15) is 0 Å². The molecular formula is C16H21BrN4O. The van der Waals surface area contributed by atoms with Crippen LogP contribution in [0.2, 0.25) is 0 Å². The summed E-state index contributed by atoms with van der Waals surface area (Å²) in [5, 5.41) is 3.47. The number of halogens is 1. The summed E-state index contributed by atoms with van der Waals surface area (Å²) in [4.78, 5) is 6.99. The van der Waals surface area contributed by atoms with E-state index < -0.39 is 0 Å². The molecule has 0 radical (unpaired) electrons. The number of hydrogen-bond donors (Lipinski definition) is 1. The molecule has 1 fully saturated rings. The van der Waals surface area contributed by atoms with Crippen molar-refractivity contribution in [3.63, 3.8) is 0 Å². The SMILES string of the molecule is COc1cc(Br)ccc1CN1CCNCC1c1nccn1C. The van der Waals surface area contributed by atoms with Gasteiger partial charge in [0, 0.05) is 55.7 Å². The molecule has 2 aromatic rings. The molecule has 1 atom stereocenters. The Labute approximate surface area is 139 Å². The Kier molecular flexibility index (Phi) is 4.81. The molecule has 0 aliphatic carbocycles. The molecule has 6 heteroatoms. The number of imidazole rings is 1. The first-order chi connectivity index (χ1) is 10.7. The summed E-state index contributed by atoms with van der Waals surface area (Å²) in [5.41, 5.74) is 1.20. The van der Waals surface area contributed by atoms with Crippen LogP contribution in [0.4, 0.5) is 0 Å². The largest absolute Gasteiger partial charge is 0.496 e. The molecule has 0 bridgehead atoms. The number of hydrogen-bond acceptors (Lipinski definition) is 4. The van der Waals surface area contributed by atoms with E-state index in [0.29, 0.717) is 0 Å². The Balaban J connectivity index is 1.84. The molecule has 1 saturated heterocycles. The van der Waals surface area contributed by atoms with Crippen molar-refractivity contribution in [2.45, 2.75) is 12.6 Å². The molecule has 1 aliphatic rings. The van der Waals surface area contributed by atoms with Gasteiger partial charge in [0.2, 0.25) is 0 Å². The lowest BCUT2D eigenvalue weighted by atomic mass is 10.1. The van der Waals surface area contributed by atoms with Gasteiger partial charge in [0.05, 0.1) is 13.2 Å². The van der Waals surface area contributed by atoms with Gasteiger partial charge in [-0.05, 0) is 12.1 Å². The van der Waals surface area contributed by atoms with Crippen LogP contribution in [0.3, 0.4) is 0 Å². The van der Waals surface area contributed by atoms with Crippen molar-refractivity contribution in [1.29, 1.82) is 0 Å². The number of nitrogens with zero attached hydrogens (tertiary/aromatic N) is 3. The van der Waals surface area contributed by atoms with Crippen LogP contribution in [0.15, 0.2) is 35.1 Å². The fourth-order valence-corrected chi connectivity index (χ4v) is 3.30. The van der Waals surface area contributed by atoms with E-state index in [0.717, 1.165) is 42.2 Å². The van der Waals surface area contributed by atoms with Gasteiger partial charge in [-0.15, -0.1) is 0 Å². The molecule has 0 spiro atoms. The van der Waals surface area contributed by atoms with E-state index in [1.807, 2.05) is 18.5 Å². The van der Waals surface area contributed by atoms with Crippen molar-refractivity contribution in [2.24, 2.45) is 7.05 Å². The maximum absolute atomic E-state index is 5.52. The normalized spacial score (nSPS) is 19.3. The van der Waals surface area contributed by atoms with Crippen molar-refractivity contribution < 1.29 is 4.74 Å². The van der Waals surface area contributed by atoms with Crippen molar-refractivity contribution in [3.05, 3.63) is 46.5 Å². The predicted octanol–water partition coefficient (Wildman–Crippen LogP) is 2.34. The summed E-state index contributed by atoms with van der Waals surface area (Å²) in [7, 11) is 3.77. The molecular weight excluding hydrogens is 344 g/mol. The van der Waals surface area contributed by atoms with Gasteiger partial charge in [-0.1, -0.05) is 22.0 Å². The number of rotatable bonds is 4. The molecule has 0 amide bonds. The third-order valence-corrected chi connectivity index (χ3v) is 4.63. The van der Waals surface area contributed by atoms with Crippen LogP contribution in [0.1, 0.15) is 17.4 Å². The minimum Gasteiger partial charge on any atom is -0.496 e. The first kappa shape index (κ1) is 15.5. The zero-order chi connectivity index (χ0) is 15.5. The number of benzene rings is 1. The molecule has 1 aromatic carbocycles. The van der Waals surface area contributed by atoms with Gasteiger partial charge in [0.25, 0.3) is 0 Å². The van der Waals surface area contributed by atoms with Crippen LogP contribution in [0, 0.1) is 0 Å². The summed E-state index contributed by atoms with van der Waals surface area (Å²) >= 11 is 3.50. The highest BCUT2D eigenvalue weighted by atomic mass is 79.9. The zero-order valence-electron chi connectivity index (χ0n) is 12.9. The lowest BCUT2D eigenvalue weighted by Crippen LogP contribution is -2.46. The highest BCUT2D eigenvalue weighted by Crippen LogP contribution is 2.28. The molecule has 2 heterocycles. The second-order valence-corrected chi connectivity index (χ2v) is 6.46. The standard InChI is InChI=1S/C16H21BrN4O/c1-20-7-6-19-16(20)14-10-18-5-8-21(14)11-12-3-4-13(17)9-15(12)22-2/h3-4,6-7,9,14,18H,5,8,10-11H2,1-2H3. The maximum Gasteiger partial charge on any atom is 0.127 e. The summed E-state index contributed by atoms with van der Waals surface area (Å²) in [5.74, 6) is 2.02. The van der Waals surface area contributed by atoms with Crippen LogP contribution >= 0.6 is 15.9 Å². The number of aromatic nitrogens is 2. The molecule has 1 unspecified atom stereocenters. The van der Waals surface area contributed by atoms with E-state index in [1.54, 1.807) is 7.11 Å². The first-order valence-electron chi connectivity index (χ1n) is 7.43. The van der Waals surface area contributed by atoms with E-state index in [2.05, 4.69) is 54.9 Å². The number of aryl methyl sites for hydroxylation is 1. The minimum absolute atomic E-state index is 0.280. The van der Waals surface area contributed by atoms with Crippen molar-refractivity contribution in [3.8, 4) is 5.75 Å². The van der Waals surface area contributed by atoms with Crippen LogP contribution < -0.4 is 10.1 Å². The fraction of sp³-hybridized carbons (Fsp3) is 0.438. The molecule has 1 aromatic heterocycles. The summed E-state index contributed by atoms with van der Waals surface area (Å²) in [6.07, 6.45) is 3.87. The first-order valence-corrected chi connectivity index (χ1v) is 8.22. The lowest BCUT2D eigenvalue weighted by Gasteiger charge is -2.36. The highest BCUT2D eigenvalue weighted by Gasteiger charge is 2.27. The van der Waals surface area contributed by atoms with Gasteiger partial charge in [-0.25, -0.2) is 4.98 Å². The van der Waals surface area contributed by atoms with Gasteiger partial charge in [-0.3, -0.25) is 4.90 Å². The van der Waals surface area contributed by atoms with Crippen LogP contribution in [0.25, 0.3) is 0 Å². The smallest absolute Gasteiger partial charge is 0.127 e. The minimum atomic E-state index is 0.280. The van der Waals surface area contributed by atoms with Crippen molar-refractivity contribution in [2.75, 3.05) is 26.7 Å². The average Bonchev–Trinajstić information content (AvgIpc) is 2.95. The average molecular weight is 365 g/mol. The molecule has 0 saturated carbocycles. The third kappa shape index (κ3) is 3.19. The topological polar surface area (TPSA) is 42.3 Å². The van der Waals surface area contributed by atoms with Crippen LogP contribution in [-0.4, -0.2) is 41.2 Å². The van der Waals surface area contributed by atoms with Crippen LogP contribution in [0.5, 0.6) is 5.75 Å². The molecule has 118 valence electrons. The number of nitrogens with one attached hydrogen (secondary N) is 1. The van der Waals surface area contributed by atoms with Crippen molar-refractivity contribution >= 4 is 15.9 Å². The Bertz CT molecular complexity index is 643. The predicted molar refractivity (Wildman–Crippen MR) is 89.9 cm³/mol. The summed E-state index contributed by atoms with van der Waals surface area (Å²) in [6, 6.07) is 6.49. The summed E-state index contributed by atoms with van der Waals surface area (Å²) < 4.78 is 8.66. The quantitative estimate of drug-likeness (QED) is 0.903. The van der Waals surface area contributed by atoms with Gasteiger partial charge >= 0.3 is 0 Å². The summed E-state index contributed by atoms with van der Waals surface area (Å²) in [6.45, 7) is 3.77. The van der Waals surface area contributed by atoms with Gasteiger partial charge < -0.3 is 14.6 Å². The lowest BCUT2D eigenvalue weighted by molar-refractivity contribution is 0.143. The maximum atomic E-state index is 5.52. The monoisotopic (exact) mass is 364 g/mol. The molecule has 1 N–H and O–H groups in total. The second-order valence-electron chi connectivity index (χ2n) is 5.54. The Morgan fingerprint density at radius 1 is 1.45 bits per heavy atom. The van der Waals surface area contributed by atoms with Crippen LogP contribution in [-0.2, 0) is 13.6 Å². The second kappa shape index (κ2) is 6.81. The zero-order valence-corrected chi connectivity index (χ0v) is 14.5. The Morgan fingerprint density at radius 2 is 2.32 bits per heavy atom. The van der Waals surface area contributed by atoms with E-state index in [1.165, 1.54) is 5.56 Å². The molecule has 3 rings (SSSR count). The van der Waals surface area contributed by atoms with Gasteiger partial charge in [0.1, 0.15) is 11.6 Å². The van der Waals surface area contributed by atoms with E-state index >= 15 is 0 Å². The van der Waals surface area contributed by atoms with Crippen molar-refractivity contribution in [1.82, 2.24) is 19.8 Å². The molecule has 22 heavy (non-hydrogen) atoms. The number of piperazine rings is 1. The molecule has 5 nitrogen and oxygen atoms in total. The number of ether oxygens (including phenoxy) is 1. The Hall–Kier alpha value is -1.37. The highest BCUT2D eigenvalue weighted by molar-refractivity contribution is 9.10. The number of methoxy groups -OCH3 is 1. The fourth-order valence-electron chi connectivity index (χ4n) is 2.96.